The standard InChI is InChI=1S/C13H17F3O/c1-9(2)10-4-5-12(13(14,15)16)11(8-10)6-7-17-3/h4-5,8-9H,6-7H2,1-3H3. The van der Waals surface area contributed by atoms with Gasteiger partial charge in [-0.25, -0.2) is 0 Å². The van der Waals surface area contributed by atoms with Crippen molar-refractivity contribution < 1.29 is 17.9 Å². The highest BCUT2D eigenvalue weighted by Crippen LogP contribution is 2.33. The van der Waals surface area contributed by atoms with Crippen molar-refractivity contribution in [1.82, 2.24) is 0 Å². The summed E-state index contributed by atoms with van der Waals surface area (Å²) in [5.74, 6) is 0.221. The van der Waals surface area contributed by atoms with E-state index in [0.29, 0.717) is 12.2 Å². The first-order valence-corrected chi connectivity index (χ1v) is 5.55. The van der Waals surface area contributed by atoms with E-state index in [4.69, 9.17) is 4.74 Å². The Hall–Kier alpha value is -1.03. The van der Waals surface area contributed by atoms with Crippen LogP contribution >= 0.6 is 0 Å². The quantitative estimate of drug-likeness (QED) is 0.779. The second-order valence-electron chi connectivity index (χ2n) is 4.31. The molecular formula is C13H17F3O. The van der Waals surface area contributed by atoms with Crippen molar-refractivity contribution in [3.8, 4) is 0 Å². The Morgan fingerprint density at radius 1 is 1.24 bits per heavy atom. The molecule has 1 aromatic carbocycles. The van der Waals surface area contributed by atoms with Crippen molar-refractivity contribution in [1.29, 1.82) is 0 Å². The summed E-state index contributed by atoms with van der Waals surface area (Å²) in [4.78, 5) is 0. The van der Waals surface area contributed by atoms with E-state index in [1.165, 1.54) is 13.2 Å². The molecule has 0 saturated carbocycles. The van der Waals surface area contributed by atoms with Gasteiger partial charge in [0, 0.05) is 7.11 Å². The maximum atomic E-state index is 12.8. The summed E-state index contributed by atoms with van der Waals surface area (Å²) < 4.78 is 43.1. The van der Waals surface area contributed by atoms with Crippen LogP contribution in [0.5, 0.6) is 0 Å². The Morgan fingerprint density at radius 3 is 2.35 bits per heavy atom. The number of benzene rings is 1. The molecule has 96 valence electrons. The monoisotopic (exact) mass is 246 g/mol. The molecule has 17 heavy (non-hydrogen) atoms. The van der Waals surface area contributed by atoms with Crippen LogP contribution in [-0.2, 0) is 17.3 Å². The lowest BCUT2D eigenvalue weighted by Crippen LogP contribution is -2.11. The third kappa shape index (κ3) is 3.73. The number of halogens is 3. The minimum absolute atomic E-state index is 0.221. The summed E-state index contributed by atoms with van der Waals surface area (Å²) in [6.45, 7) is 4.22. The fraction of sp³-hybridized carbons (Fsp3) is 0.538. The molecule has 0 aliphatic heterocycles. The van der Waals surface area contributed by atoms with Gasteiger partial charge in [-0.1, -0.05) is 26.0 Å². The molecule has 0 aliphatic carbocycles. The van der Waals surface area contributed by atoms with Crippen LogP contribution in [-0.4, -0.2) is 13.7 Å². The van der Waals surface area contributed by atoms with Gasteiger partial charge in [-0.2, -0.15) is 13.2 Å². The topological polar surface area (TPSA) is 9.23 Å². The fourth-order valence-corrected chi connectivity index (χ4v) is 1.67. The zero-order valence-electron chi connectivity index (χ0n) is 10.3. The second kappa shape index (κ2) is 5.54. The number of hydrogen-bond donors (Lipinski definition) is 0. The zero-order chi connectivity index (χ0) is 13.1. The molecule has 0 amide bonds. The van der Waals surface area contributed by atoms with Gasteiger partial charge in [0.25, 0.3) is 0 Å². The molecule has 4 heteroatoms. The molecule has 0 heterocycles. The first-order chi connectivity index (χ1) is 7.86. The fourth-order valence-electron chi connectivity index (χ4n) is 1.67. The molecule has 0 aromatic heterocycles. The van der Waals surface area contributed by atoms with Gasteiger partial charge < -0.3 is 4.74 Å². The maximum absolute atomic E-state index is 12.8. The summed E-state index contributed by atoms with van der Waals surface area (Å²) in [5, 5.41) is 0. The smallest absolute Gasteiger partial charge is 0.384 e. The van der Waals surface area contributed by atoms with Gasteiger partial charge in [-0.05, 0) is 29.5 Å². The van der Waals surface area contributed by atoms with Gasteiger partial charge >= 0.3 is 6.18 Å². The highest BCUT2D eigenvalue weighted by Gasteiger charge is 2.33. The zero-order valence-corrected chi connectivity index (χ0v) is 10.3. The Labute approximate surface area is 99.6 Å². The van der Waals surface area contributed by atoms with E-state index in [2.05, 4.69) is 0 Å². The molecule has 0 radical (unpaired) electrons. The van der Waals surface area contributed by atoms with Crippen LogP contribution in [0.25, 0.3) is 0 Å². The predicted octanol–water partition coefficient (Wildman–Crippen LogP) is 4.02. The van der Waals surface area contributed by atoms with Gasteiger partial charge in [0.1, 0.15) is 0 Å². The van der Waals surface area contributed by atoms with Crippen molar-refractivity contribution in [2.24, 2.45) is 0 Å². The molecule has 0 bridgehead atoms. The second-order valence-corrected chi connectivity index (χ2v) is 4.31. The summed E-state index contributed by atoms with van der Waals surface area (Å²) in [5.41, 5.74) is 0.675. The molecule has 1 nitrogen and oxygen atoms in total. The molecular weight excluding hydrogens is 229 g/mol. The first kappa shape index (κ1) is 14.0. The van der Waals surface area contributed by atoms with Crippen LogP contribution in [0.2, 0.25) is 0 Å². The normalized spacial score (nSPS) is 12.2. The average Bonchev–Trinajstić information content (AvgIpc) is 2.24. The van der Waals surface area contributed by atoms with Crippen molar-refractivity contribution in [2.45, 2.75) is 32.4 Å². The number of rotatable bonds is 4. The van der Waals surface area contributed by atoms with Crippen LogP contribution < -0.4 is 0 Å². The lowest BCUT2D eigenvalue weighted by Gasteiger charge is -2.15. The van der Waals surface area contributed by atoms with Gasteiger partial charge in [0.05, 0.1) is 12.2 Å². The van der Waals surface area contributed by atoms with E-state index >= 15 is 0 Å². The Balaban J connectivity index is 3.12. The maximum Gasteiger partial charge on any atom is 0.416 e. The third-order valence-electron chi connectivity index (χ3n) is 2.68. The van der Waals surface area contributed by atoms with Gasteiger partial charge in [0.2, 0.25) is 0 Å². The van der Waals surface area contributed by atoms with Gasteiger partial charge in [0.15, 0.2) is 0 Å². The van der Waals surface area contributed by atoms with Crippen LogP contribution in [0.15, 0.2) is 18.2 Å². The minimum Gasteiger partial charge on any atom is -0.384 e. The summed E-state index contributed by atoms with van der Waals surface area (Å²) >= 11 is 0. The number of hydrogen-bond acceptors (Lipinski definition) is 1. The predicted molar refractivity (Wildman–Crippen MR) is 61.1 cm³/mol. The summed E-state index contributed by atoms with van der Waals surface area (Å²) in [7, 11) is 1.49. The Bertz CT molecular complexity index is 369. The molecule has 1 aromatic rings. The highest BCUT2D eigenvalue weighted by atomic mass is 19.4. The van der Waals surface area contributed by atoms with E-state index in [0.717, 1.165) is 5.56 Å². The molecule has 0 fully saturated rings. The highest BCUT2D eigenvalue weighted by molar-refractivity contribution is 5.35. The van der Waals surface area contributed by atoms with Crippen molar-refractivity contribution >= 4 is 0 Å². The van der Waals surface area contributed by atoms with Crippen LogP contribution in [0, 0.1) is 0 Å². The molecule has 0 atom stereocenters. The number of methoxy groups -OCH3 is 1. The van der Waals surface area contributed by atoms with E-state index in [1.54, 1.807) is 12.1 Å². The molecule has 0 unspecified atom stereocenters. The first-order valence-electron chi connectivity index (χ1n) is 5.55. The van der Waals surface area contributed by atoms with Gasteiger partial charge in [-0.15, -0.1) is 0 Å². The summed E-state index contributed by atoms with van der Waals surface area (Å²) in [6.07, 6.45) is -4.01. The molecule has 0 aliphatic rings. The van der Waals surface area contributed by atoms with Crippen LogP contribution in [0.1, 0.15) is 36.5 Å². The van der Waals surface area contributed by atoms with Gasteiger partial charge in [-0.3, -0.25) is 0 Å². The van der Waals surface area contributed by atoms with E-state index in [1.807, 2.05) is 13.8 Å². The Morgan fingerprint density at radius 2 is 1.88 bits per heavy atom. The number of alkyl halides is 3. The van der Waals surface area contributed by atoms with Crippen LogP contribution in [0.4, 0.5) is 13.2 Å². The molecule has 1 rings (SSSR count). The minimum atomic E-state index is -4.29. The Kier molecular flexibility index (Phi) is 4.57. The third-order valence-corrected chi connectivity index (χ3v) is 2.68. The van der Waals surface area contributed by atoms with E-state index < -0.39 is 11.7 Å². The van der Waals surface area contributed by atoms with E-state index in [9.17, 15) is 13.2 Å². The van der Waals surface area contributed by atoms with E-state index in [-0.39, 0.29) is 12.3 Å². The lowest BCUT2D eigenvalue weighted by atomic mass is 9.95. The SMILES string of the molecule is COCCc1cc(C(C)C)ccc1C(F)(F)F. The van der Waals surface area contributed by atoms with Crippen molar-refractivity contribution in [3.05, 3.63) is 34.9 Å². The molecule has 0 N–H and O–H groups in total. The van der Waals surface area contributed by atoms with Crippen molar-refractivity contribution in [2.75, 3.05) is 13.7 Å². The largest absolute Gasteiger partial charge is 0.416 e. The number of ether oxygens (including phenoxy) is 1. The van der Waals surface area contributed by atoms with Crippen molar-refractivity contribution in [3.63, 3.8) is 0 Å². The average molecular weight is 246 g/mol. The van der Waals surface area contributed by atoms with Crippen LogP contribution in [0.3, 0.4) is 0 Å². The molecule has 0 spiro atoms. The lowest BCUT2D eigenvalue weighted by molar-refractivity contribution is -0.138. The molecule has 0 saturated heterocycles. The summed E-state index contributed by atoms with van der Waals surface area (Å²) in [6, 6.07) is 4.34.